The van der Waals surface area contributed by atoms with Crippen LogP contribution in [-0.2, 0) is 32.5 Å². The maximum absolute atomic E-state index is 13.4. The predicted octanol–water partition coefficient (Wildman–Crippen LogP) is 4.32. The van der Waals surface area contributed by atoms with Gasteiger partial charge in [-0.1, -0.05) is 29.8 Å². The maximum Gasteiger partial charge on any atom is 0.324 e. The Morgan fingerprint density at radius 1 is 1.22 bits per heavy atom. The second-order valence-electron chi connectivity index (χ2n) is 9.96. The molecule has 1 saturated heterocycles. The molecule has 1 fully saturated rings. The molecular weight excluding hydrogens is 404 g/mol. The van der Waals surface area contributed by atoms with E-state index in [1.165, 1.54) is 34.8 Å². The first-order valence-electron chi connectivity index (χ1n) is 11.4. The van der Waals surface area contributed by atoms with E-state index in [2.05, 4.69) is 46.9 Å². The van der Waals surface area contributed by atoms with Crippen molar-refractivity contribution in [2.45, 2.75) is 64.6 Å². The summed E-state index contributed by atoms with van der Waals surface area (Å²) < 4.78 is 13.1. The molecule has 0 aliphatic carbocycles. The fourth-order valence-corrected chi connectivity index (χ4v) is 5.46. The van der Waals surface area contributed by atoms with Gasteiger partial charge in [-0.3, -0.25) is 14.5 Å². The van der Waals surface area contributed by atoms with Gasteiger partial charge in [-0.2, -0.15) is 0 Å². The van der Waals surface area contributed by atoms with E-state index in [4.69, 9.17) is 9.47 Å². The number of rotatable bonds is 3. The SMILES string of the molecule is C/C=C1/CN2[C@@H](C(=O)OC(C)(C)C)Cc3c(n(C)c4ccccc34)[C@@H]2C[C@@H]1CC(=O)OC. The van der Waals surface area contributed by atoms with Crippen LogP contribution in [0.25, 0.3) is 10.9 Å². The lowest BCUT2D eigenvalue weighted by atomic mass is 9.78. The normalized spacial score (nSPS) is 24.8. The molecule has 6 nitrogen and oxygen atoms in total. The summed E-state index contributed by atoms with van der Waals surface area (Å²) in [5.74, 6) is -0.278. The first-order chi connectivity index (χ1) is 15.1. The third kappa shape index (κ3) is 3.96. The van der Waals surface area contributed by atoms with Crippen LogP contribution in [0.15, 0.2) is 35.9 Å². The minimum Gasteiger partial charge on any atom is -0.469 e. The number of methoxy groups -OCH3 is 1. The van der Waals surface area contributed by atoms with Crippen molar-refractivity contribution in [2.24, 2.45) is 13.0 Å². The topological polar surface area (TPSA) is 60.8 Å². The number of esters is 2. The zero-order valence-corrected chi connectivity index (χ0v) is 20.0. The van der Waals surface area contributed by atoms with Crippen molar-refractivity contribution in [1.29, 1.82) is 0 Å². The van der Waals surface area contributed by atoms with Gasteiger partial charge in [-0.25, -0.2) is 0 Å². The summed E-state index contributed by atoms with van der Waals surface area (Å²) in [4.78, 5) is 27.8. The first-order valence-corrected chi connectivity index (χ1v) is 11.4. The minimum absolute atomic E-state index is 0.0343. The number of benzene rings is 1. The maximum atomic E-state index is 13.4. The quantitative estimate of drug-likeness (QED) is 0.528. The predicted molar refractivity (Wildman–Crippen MR) is 124 cm³/mol. The number of carbonyl (C=O) groups excluding carboxylic acids is 2. The Balaban J connectivity index is 1.81. The number of hydrogen-bond acceptors (Lipinski definition) is 5. The summed E-state index contributed by atoms with van der Waals surface area (Å²) in [7, 11) is 3.54. The highest BCUT2D eigenvalue weighted by Crippen LogP contribution is 2.47. The zero-order valence-electron chi connectivity index (χ0n) is 20.0. The van der Waals surface area contributed by atoms with Crippen LogP contribution in [0.5, 0.6) is 0 Å². The molecule has 0 bridgehead atoms. The number of nitrogens with zero attached hydrogens (tertiary/aromatic N) is 2. The second kappa shape index (κ2) is 8.39. The average molecular weight is 439 g/mol. The number of carbonyl (C=O) groups is 2. The molecule has 6 heteroatoms. The smallest absolute Gasteiger partial charge is 0.324 e. The molecule has 1 aromatic carbocycles. The van der Waals surface area contributed by atoms with E-state index in [1.54, 1.807) is 0 Å². The van der Waals surface area contributed by atoms with Crippen molar-refractivity contribution >= 4 is 22.8 Å². The first kappa shape index (κ1) is 22.6. The standard InChI is InChI=1S/C26H34N2O4/c1-7-16-15-28-21(12-17(16)13-23(29)31-6)24-19(14-22(28)25(30)32-26(2,3)4)18-10-8-9-11-20(18)27(24)5/h7-11,17,21-22H,12-15H2,1-6H3/b16-7-/t17-,21+,22-/m1/s1. The molecule has 2 aliphatic heterocycles. The Hall–Kier alpha value is -2.60. The highest BCUT2D eigenvalue weighted by atomic mass is 16.6. The third-order valence-electron chi connectivity index (χ3n) is 6.86. The van der Waals surface area contributed by atoms with Crippen LogP contribution in [0.1, 0.15) is 57.8 Å². The molecule has 0 N–H and O–H groups in total. The van der Waals surface area contributed by atoms with Crippen molar-refractivity contribution in [1.82, 2.24) is 9.47 Å². The van der Waals surface area contributed by atoms with E-state index in [1.807, 2.05) is 27.7 Å². The number of fused-ring (bicyclic) bond motifs is 5. The summed E-state index contributed by atoms with van der Waals surface area (Å²) in [6.45, 7) is 8.39. The van der Waals surface area contributed by atoms with E-state index >= 15 is 0 Å². The number of aryl methyl sites for hydroxylation is 1. The van der Waals surface area contributed by atoms with Gasteiger partial charge in [0.05, 0.1) is 19.6 Å². The van der Waals surface area contributed by atoms with Gasteiger partial charge in [0.25, 0.3) is 0 Å². The van der Waals surface area contributed by atoms with E-state index in [-0.39, 0.29) is 29.9 Å². The molecule has 2 aliphatic rings. The highest BCUT2D eigenvalue weighted by molar-refractivity contribution is 5.88. The van der Waals surface area contributed by atoms with E-state index in [0.717, 1.165) is 6.42 Å². The van der Waals surface area contributed by atoms with Crippen LogP contribution in [-0.4, -0.2) is 46.7 Å². The van der Waals surface area contributed by atoms with Crippen LogP contribution < -0.4 is 0 Å². The van der Waals surface area contributed by atoms with Crippen LogP contribution in [0.4, 0.5) is 0 Å². The number of aromatic nitrogens is 1. The number of allylic oxidation sites excluding steroid dienone is 1. The average Bonchev–Trinajstić information content (AvgIpc) is 3.03. The van der Waals surface area contributed by atoms with Gasteiger partial charge in [0.1, 0.15) is 11.6 Å². The van der Waals surface area contributed by atoms with E-state index < -0.39 is 5.60 Å². The molecule has 0 amide bonds. The molecule has 3 heterocycles. The minimum atomic E-state index is -0.543. The molecular formula is C26H34N2O4. The lowest BCUT2D eigenvalue weighted by molar-refractivity contribution is -0.164. The molecule has 0 radical (unpaired) electrons. The molecule has 172 valence electrons. The summed E-state index contributed by atoms with van der Waals surface area (Å²) >= 11 is 0. The Morgan fingerprint density at radius 2 is 1.94 bits per heavy atom. The fourth-order valence-electron chi connectivity index (χ4n) is 5.46. The van der Waals surface area contributed by atoms with Gasteiger partial charge in [0.15, 0.2) is 0 Å². The van der Waals surface area contributed by atoms with Gasteiger partial charge in [-0.05, 0) is 51.7 Å². The molecule has 0 spiro atoms. The molecule has 3 atom stereocenters. The lowest BCUT2D eigenvalue weighted by Crippen LogP contribution is -2.54. The monoisotopic (exact) mass is 438 g/mol. The highest BCUT2D eigenvalue weighted by Gasteiger charge is 2.46. The Morgan fingerprint density at radius 3 is 2.59 bits per heavy atom. The Bertz CT molecular complexity index is 1080. The van der Waals surface area contributed by atoms with Crippen molar-refractivity contribution in [3.8, 4) is 0 Å². The van der Waals surface area contributed by atoms with Crippen LogP contribution in [0.3, 0.4) is 0 Å². The summed E-state index contributed by atoms with van der Waals surface area (Å²) in [5, 5.41) is 1.19. The number of ether oxygens (including phenoxy) is 2. The van der Waals surface area contributed by atoms with Crippen molar-refractivity contribution in [3.63, 3.8) is 0 Å². The Kier molecular flexibility index (Phi) is 5.93. The summed E-state index contributed by atoms with van der Waals surface area (Å²) in [6.07, 6.45) is 3.84. The summed E-state index contributed by atoms with van der Waals surface area (Å²) in [5.41, 5.74) is 4.28. The van der Waals surface area contributed by atoms with E-state index in [0.29, 0.717) is 19.4 Å². The second-order valence-corrected chi connectivity index (χ2v) is 9.96. The van der Waals surface area contributed by atoms with Crippen molar-refractivity contribution < 1.29 is 19.1 Å². The third-order valence-corrected chi connectivity index (χ3v) is 6.86. The molecule has 4 rings (SSSR count). The zero-order chi connectivity index (χ0) is 23.2. The fraction of sp³-hybridized carbons (Fsp3) is 0.538. The molecule has 0 unspecified atom stereocenters. The number of para-hydroxylation sites is 1. The largest absolute Gasteiger partial charge is 0.469 e. The van der Waals surface area contributed by atoms with Crippen LogP contribution in [0, 0.1) is 5.92 Å². The lowest BCUT2D eigenvalue weighted by Gasteiger charge is -2.47. The molecule has 0 saturated carbocycles. The van der Waals surface area contributed by atoms with Gasteiger partial charge in [-0.15, -0.1) is 0 Å². The van der Waals surface area contributed by atoms with Gasteiger partial charge >= 0.3 is 11.9 Å². The summed E-state index contributed by atoms with van der Waals surface area (Å²) in [6, 6.07) is 8.06. The van der Waals surface area contributed by atoms with Crippen LogP contribution >= 0.6 is 0 Å². The number of piperidine rings is 1. The molecule has 32 heavy (non-hydrogen) atoms. The van der Waals surface area contributed by atoms with Gasteiger partial charge in [0, 0.05) is 36.6 Å². The van der Waals surface area contributed by atoms with E-state index in [9.17, 15) is 9.59 Å². The van der Waals surface area contributed by atoms with Gasteiger partial charge < -0.3 is 14.0 Å². The van der Waals surface area contributed by atoms with Crippen LogP contribution in [0.2, 0.25) is 0 Å². The molecule has 2 aromatic rings. The van der Waals surface area contributed by atoms with Crippen molar-refractivity contribution in [2.75, 3.05) is 13.7 Å². The number of hydrogen-bond donors (Lipinski definition) is 0. The van der Waals surface area contributed by atoms with Gasteiger partial charge in [0.2, 0.25) is 0 Å². The van der Waals surface area contributed by atoms with Crippen molar-refractivity contribution in [3.05, 3.63) is 47.2 Å². The molecule has 1 aromatic heterocycles. The Labute approximate surface area is 190 Å².